The van der Waals surface area contributed by atoms with Crippen LogP contribution in [0.3, 0.4) is 0 Å². The number of hydrogen-bond donors (Lipinski definition) is 1. The number of halogens is 1. The lowest BCUT2D eigenvalue weighted by atomic mass is 9.94. The summed E-state index contributed by atoms with van der Waals surface area (Å²) >= 11 is 0. The predicted molar refractivity (Wildman–Crippen MR) is 139 cm³/mol. The number of carbonyl (C=O) groups excluding carboxylic acids is 2. The standard InChI is InChI=1S/C30H31FN2O4/c1-30(2,3)37-29(35)33-16-24(23-14-8-9-15-26(23)31)27(17-33)32-28(34)36-18-25-21-12-6-4-10-19(21)20-11-5-7-13-22(20)25/h4-15,24-25,27H,16-18H2,1-3H3,(H,32,34)/t24-,27+/m1/s1. The molecule has 1 fully saturated rings. The van der Waals surface area contributed by atoms with E-state index in [2.05, 4.69) is 29.6 Å². The summed E-state index contributed by atoms with van der Waals surface area (Å²) < 4.78 is 25.9. The number of rotatable bonds is 4. The number of ether oxygens (including phenoxy) is 2. The Hall–Kier alpha value is -3.87. The minimum Gasteiger partial charge on any atom is -0.449 e. The Balaban J connectivity index is 1.30. The van der Waals surface area contributed by atoms with E-state index in [-0.39, 0.29) is 31.4 Å². The van der Waals surface area contributed by atoms with Crippen molar-refractivity contribution in [1.29, 1.82) is 0 Å². The van der Waals surface area contributed by atoms with Gasteiger partial charge in [0, 0.05) is 24.9 Å². The molecule has 3 aromatic rings. The van der Waals surface area contributed by atoms with Crippen molar-refractivity contribution in [2.75, 3.05) is 19.7 Å². The summed E-state index contributed by atoms with van der Waals surface area (Å²) in [5.74, 6) is -0.880. The first kappa shape index (κ1) is 24.8. The molecule has 1 saturated heterocycles. The second-order valence-electron chi connectivity index (χ2n) is 10.6. The molecule has 0 radical (unpaired) electrons. The van der Waals surface area contributed by atoms with Crippen molar-refractivity contribution in [2.24, 2.45) is 0 Å². The molecule has 7 heteroatoms. The number of benzene rings is 3. The van der Waals surface area contributed by atoms with Gasteiger partial charge in [-0.3, -0.25) is 0 Å². The summed E-state index contributed by atoms with van der Waals surface area (Å²) in [6.07, 6.45) is -1.09. The van der Waals surface area contributed by atoms with Crippen molar-refractivity contribution in [1.82, 2.24) is 10.2 Å². The molecule has 2 amide bonds. The fourth-order valence-corrected chi connectivity index (χ4v) is 5.31. The number of nitrogens with zero attached hydrogens (tertiary/aromatic N) is 1. The maximum atomic E-state index is 14.7. The topological polar surface area (TPSA) is 67.9 Å². The number of amides is 2. The highest BCUT2D eigenvalue weighted by Gasteiger charge is 2.40. The van der Waals surface area contributed by atoms with Crippen LogP contribution in [0.5, 0.6) is 0 Å². The molecule has 2 aliphatic rings. The van der Waals surface area contributed by atoms with E-state index in [1.807, 2.05) is 24.3 Å². The second-order valence-corrected chi connectivity index (χ2v) is 10.6. The zero-order valence-electron chi connectivity index (χ0n) is 21.2. The lowest BCUT2D eigenvalue weighted by Gasteiger charge is -2.24. The quantitative estimate of drug-likeness (QED) is 0.470. The van der Waals surface area contributed by atoms with Crippen molar-refractivity contribution >= 4 is 12.2 Å². The van der Waals surface area contributed by atoms with Gasteiger partial charge in [-0.1, -0.05) is 66.7 Å². The van der Waals surface area contributed by atoms with Crippen LogP contribution < -0.4 is 5.32 Å². The van der Waals surface area contributed by atoms with E-state index in [0.29, 0.717) is 5.56 Å². The molecule has 3 aromatic carbocycles. The maximum Gasteiger partial charge on any atom is 0.410 e. The first-order valence-electron chi connectivity index (χ1n) is 12.5. The van der Waals surface area contributed by atoms with Gasteiger partial charge in [0.15, 0.2) is 0 Å². The van der Waals surface area contributed by atoms with Crippen molar-refractivity contribution in [3.05, 3.63) is 95.3 Å². The van der Waals surface area contributed by atoms with Crippen LogP contribution in [0.4, 0.5) is 14.0 Å². The van der Waals surface area contributed by atoms with Gasteiger partial charge < -0.3 is 19.7 Å². The van der Waals surface area contributed by atoms with Gasteiger partial charge in [-0.2, -0.15) is 0 Å². The van der Waals surface area contributed by atoms with Crippen LogP contribution in [0.1, 0.15) is 49.3 Å². The molecule has 1 N–H and O–H groups in total. The Morgan fingerprint density at radius 3 is 2.05 bits per heavy atom. The highest BCUT2D eigenvalue weighted by molar-refractivity contribution is 5.79. The van der Waals surface area contributed by atoms with Gasteiger partial charge in [0.1, 0.15) is 18.0 Å². The number of nitrogens with one attached hydrogen (secondary N) is 1. The van der Waals surface area contributed by atoms with Crippen molar-refractivity contribution < 1.29 is 23.5 Å². The van der Waals surface area contributed by atoms with E-state index in [4.69, 9.17) is 9.47 Å². The monoisotopic (exact) mass is 502 g/mol. The minimum atomic E-state index is -0.664. The molecule has 1 aliphatic carbocycles. The highest BCUT2D eigenvalue weighted by Crippen LogP contribution is 2.44. The molecular formula is C30H31FN2O4. The molecule has 192 valence electrons. The highest BCUT2D eigenvalue weighted by atomic mass is 19.1. The molecular weight excluding hydrogens is 471 g/mol. The van der Waals surface area contributed by atoms with Crippen LogP contribution in [0.2, 0.25) is 0 Å². The van der Waals surface area contributed by atoms with Gasteiger partial charge >= 0.3 is 12.2 Å². The largest absolute Gasteiger partial charge is 0.449 e. The Labute approximate surface area is 216 Å². The third-order valence-electron chi connectivity index (χ3n) is 6.92. The molecule has 0 saturated carbocycles. The second kappa shape index (κ2) is 9.88. The van der Waals surface area contributed by atoms with Gasteiger partial charge in [-0.05, 0) is 54.7 Å². The Morgan fingerprint density at radius 2 is 1.46 bits per heavy atom. The zero-order chi connectivity index (χ0) is 26.2. The van der Waals surface area contributed by atoms with E-state index in [9.17, 15) is 14.0 Å². The maximum absolute atomic E-state index is 14.7. The van der Waals surface area contributed by atoms with Crippen LogP contribution in [0.25, 0.3) is 11.1 Å². The average molecular weight is 503 g/mol. The lowest BCUT2D eigenvalue weighted by Crippen LogP contribution is -2.42. The Morgan fingerprint density at radius 1 is 0.892 bits per heavy atom. The average Bonchev–Trinajstić information content (AvgIpc) is 3.41. The predicted octanol–water partition coefficient (Wildman–Crippen LogP) is 6.07. The van der Waals surface area contributed by atoms with Crippen LogP contribution >= 0.6 is 0 Å². The van der Waals surface area contributed by atoms with E-state index in [1.54, 1.807) is 39.0 Å². The summed E-state index contributed by atoms with van der Waals surface area (Å²) in [7, 11) is 0. The number of fused-ring (bicyclic) bond motifs is 3. The zero-order valence-corrected chi connectivity index (χ0v) is 21.2. The summed E-state index contributed by atoms with van der Waals surface area (Å²) in [6, 6.07) is 22.2. The van der Waals surface area contributed by atoms with Crippen molar-refractivity contribution in [3.63, 3.8) is 0 Å². The Bertz CT molecular complexity index is 1270. The molecule has 0 bridgehead atoms. The molecule has 5 rings (SSSR count). The van der Waals surface area contributed by atoms with Gasteiger partial charge in [0.25, 0.3) is 0 Å². The van der Waals surface area contributed by atoms with Crippen molar-refractivity contribution in [2.45, 2.75) is 44.2 Å². The van der Waals surface area contributed by atoms with Gasteiger partial charge in [0.05, 0.1) is 6.04 Å². The molecule has 1 heterocycles. The van der Waals surface area contributed by atoms with Gasteiger partial charge in [-0.25, -0.2) is 14.0 Å². The summed E-state index contributed by atoms with van der Waals surface area (Å²) in [4.78, 5) is 27.2. The normalized spacial score (nSPS) is 18.8. The lowest BCUT2D eigenvalue weighted by molar-refractivity contribution is 0.0288. The molecule has 2 atom stereocenters. The van der Waals surface area contributed by atoms with E-state index < -0.39 is 29.7 Å². The van der Waals surface area contributed by atoms with Gasteiger partial charge in [-0.15, -0.1) is 0 Å². The number of hydrogen-bond acceptors (Lipinski definition) is 4. The number of likely N-dealkylation sites (tertiary alicyclic amines) is 1. The summed E-state index contributed by atoms with van der Waals surface area (Å²) in [6.45, 7) is 5.97. The van der Waals surface area contributed by atoms with Crippen LogP contribution in [-0.2, 0) is 9.47 Å². The smallest absolute Gasteiger partial charge is 0.410 e. The molecule has 37 heavy (non-hydrogen) atoms. The fraction of sp³-hybridized carbons (Fsp3) is 0.333. The first-order chi connectivity index (χ1) is 17.7. The fourth-order valence-electron chi connectivity index (χ4n) is 5.31. The van der Waals surface area contributed by atoms with Crippen LogP contribution in [-0.4, -0.2) is 48.4 Å². The van der Waals surface area contributed by atoms with E-state index in [0.717, 1.165) is 22.3 Å². The molecule has 1 aliphatic heterocycles. The third kappa shape index (κ3) is 5.17. The summed E-state index contributed by atoms with van der Waals surface area (Å²) in [5.41, 5.74) is 4.32. The number of carbonyl (C=O) groups is 2. The van der Waals surface area contributed by atoms with E-state index in [1.165, 1.54) is 11.0 Å². The summed E-state index contributed by atoms with van der Waals surface area (Å²) in [5, 5.41) is 2.90. The molecule has 0 spiro atoms. The molecule has 0 aromatic heterocycles. The first-order valence-corrected chi connectivity index (χ1v) is 12.5. The Kier molecular flexibility index (Phi) is 6.63. The van der Waals surface area contributed by atoms with Crippen LogP contribution in [0.15, 0.2) is 72.8 Å². The molecule has 0 unspecified atom stereocenters. The third-order valence-corrected chi connectivity index (χ3v) is 6.92. The van der Waals surface area contributed by atoms with E-state index >= 15 is 0 Å². The van der Waals surface area contributed by atoms with Crippen LogP contribution in [0, 0.1) is 5.82 Å². The minimum absolute atomic E-state index is 0.0673. The SMILES string of the molecule is CC(C)(C)OC(=O)N1C[C@H](NC(=O)OCC2c3ccccc3-c3ccccc32)[C@@H](c2ccccc2F)C1. The van der Waals surface area contributed by atoms with Gasteiger partial charge in [0.2, 0.25) is 0 Å². The van der Waals surface area contributed by atoms with Crippen molar-refractivity contribution in [3.8, 4) is 11.1 Å². The molecule has 6 nitrogen and oxygen atoms in total. The number of alkyl carbamates (subject to hydrolysis) is 1.